The van der Waals surface area contributed by atoms with E-state index in [9.17, 15) is 8.78 Å². The molecule has 7 nitrogen and oxygen atoms in total. The third-order valence-corrected chi connectivity index (χ3v) is 6.26. The van der Waals surface area contributed by atoms with Crippen LogP contribution in [0.3, 0.4) is 0 Å². The highest BCUT2D eigenvalue weighted by Gasteiger charge is 2.40. The molecule has 1 aliphatic heterocycles. The van der Waals surface area contributed by atoms with E-state index in [2.05, 4.69) is 41.1 Å². The molecule has 32 heavy (non-hydrogen) atoms. The predicted octanol–water partition coefficient (Wildman–Crippen LogP) is 3.77. The van der Waals surface area contributed by atoms with E-state index in [1.165, 1.54) is 27.6 Å². The van der Waals surface area contributed by atoms with Crippen LogP contribution < -0.4 is 10.5 Å². The Labute approximate surface area is 185 Å². The van der Waals surface area contributed by atoms with Gasteiger partial charge in [-0.05, 0) is 55.6 Å². The minimum absolute atomic E-state index is 0.151. The lowest BCUT2D eigenvalue weighted by Gasteiger charge is -2.27. The summed E-state index contributed by atoms with van der Waals surface area (Å²) in [5.74, 6) is -1.65. The Morgan fingerprint density at radius 3 is 2.88 bits per heavy atom. The monoisotopic (exact) mass is 440 g/mol. The van der Waals surface area contributed by atoms with Crippen molar-refractivity contribution >= 4 is 5.82 Å². The quantitative estimate of drug-likeness (QED) is 0.665. The van der Waals surface area contributed by atoms with Gasteiger partial charge in [-0.3, -0.25) is 0 Å². The van der Waals surface area contributed by atoms with Crippen LogP contribution in [-0.4, -0.2) is 50.3 Å². The number of anilines is 1. The lowest BCUT2D eigenvalue weighted by Crippen LogP contribution is -2.27. The van der Waals surface area contributed by atoms with Gasteiger partial charge in [-0.15, -0.1) is 0 Å². The van der Waals surface area contributed by atoms with Gasteiger partial charge < -0.3 is 15.4 Å². The van der Waals surface area contributed by atoms with E-state index >= 15 is 0 Å². The van der Waals surface area contributed by atoms with E-state index in [-0.39, 0.29) is 18.7 Å². The zero-order valence-electron chi connectivity index (χ0n) is 18.2. The molecule has 1 atom stereocenters. The van der Waals surface area contributed by atoms with Gasteiger partial charge in [0, 0.05) is 31.5 Å². The van der Waals surface area contributed by atoms with Crippen molar-refractivity contribution in [3.05, 3.63) is 47.4 Å². The lowest BCUT2D eigenvalue weighted by molar-refractivity contribution is -0.00105. The van der Waals surface area contributed by atoms with Gasteiger partial charge in [0.25, 0.3) is 5.92 Å². The number of hydrogen-bond acceptors (Lipinski definition) is 6. The Morgan fingerprint density at radius 1 is 1.25 bits per heavy atom. The van der Waals surface area contributed by atoms with Crippen molar-refractivity contribution < 1.29 is 13.5 Å². The molecule has 5 rings (SSSR count). The summed E-state index contributed by atoms with van der Waals surface area (Å²) in [4.78, 5) is 11.3. The molecule has 9 heteroatoms. The number of nitrogens with zero attached hydrogens (tertiary/aromatic N) is 5. The molecule has 2 aliphatic rings. The molecule has 3 aromatic rings. The number of nitrogen functional groups attached to an aromatic ring is 1. The average Bonchev–Trinajstić information content (AvgIpc) is 3.34. The van der Waals surface area contributed by atoms with Crippen LogP contribution in [0.5, 0.6) is 5.75 Å². The van der Waals surface area contributed by atoms with Gasteiger partial charge in [-0.25, -0.2) is 23.4 Å². The maximum Gasteiger partial charge on any atom is 0.251 e. The largest absolute Gasteiger partial charge is 0.487 e. The normalized spacial score (nSPS) is 20.3. The van der Waals surface area contributed by atoms with Gasteiger partial charge in [-0.2, -0.15) is 5.10 Å². The van der Waals surface area contributed by atoms with Crippen molar-refractivity contribution in [1.82, 2.24) is 24.6 Å². The van der Waals surface area contributed by atoms with Crippen LogP contribution in [-0.2, 0) is 13.0 Å². The van der Waals surface area contributed by atoms with Crippen LogP contribution in [0.15, 0.2) is 30.7 Å². The summed E-state index contributed by atoms with van der Waals surface area (Å²) in [6.45, 7) is 4.09. The fraction of sp³-hybridized carbons (Fsp3) is 0.435. The molecule has 0 saturated heterocycles. The van der Waals surface area contributed by atoms with Gasteiger partial charge in [-0.1, -0.05) is 0 Å². The number of aryl methyl sites for hydroxylation is 1. The second kappa shape index (κ2) is 7.81. The van der Waals surface area contributed by atoms with E-state index in [0.29, 0.717) is 23.7 Å². The van der Waals surface area contributed by atoms with Crippen LogP contribution >= 0.6 is 0 Å². The Hall–Kier alpha value is -3.07. The molecule has 1 unspecified atom stereocenters. The molecule has 1 aliphatic carbocycles. The van der Waals surface area contributed by atoms with Crippen LogP contribution in [0.25, 0.3) is 17.1 Å². The molecule has 1 aromatic carbocycles. The third kappa shape index (κ3) is 4.04. The summed E-state index contributed by atoms with van der Waals surface area (Å²) in [6.07, 6.45) is 5.17. The van der Waals surface area contributed by atoms with Crippen molar-refractivity contribution in [1.29, 1.82) is 0 Å². The summed E-state index contributed by atoms with van der Waals surface area (Å²) in [6, 6.07) is 4.30. The van der Waals surface area contributed by atoms with E-state index in [1.54, 1.807) is 12.4 Å². The number of likely N-dealkylation sites (N-methyl/N-ethyl adjacent to an activating group) is 1. The van der Waals surface area contributed by atoms with Gasteiger partial charge in [0.2, 0.25) is 0 Å². The third-order valence-electron chi connectivity index (χ3n) is 6.26. The lowest BCUT2D eigenvalue weighted by atomic mass is 9.92. The van der Waals surface area contributed by atoms with E-state index in [0.717, 1.165) is 25.1 Å². The molecule has 0 bridgehead atoms. The first-order valence-electron chi connectivity index (χ1n) is 10.8. The second-order valence-corrected chi connectivity index (χ2v) is 8.84. The minimum Gasteiger partial charge on any atom is -0.487 e. The number of nitrogens with two attached hydrogens (primary N) is 1. The first kappa shape index (κ1) is 20.8. The van der Waals surface area contributed by atoms with Crippen LogP contribution in [0.1, 0.15) is 36.0 Å². The van der Waals surface area contributed by atoms with Gasteiger partial charge in [0.05, 0.1) is 24.3 Å². The number of hydrogen-bond donors (Lipinski definition) is 1. The van der Waals surface area contributed by atoms with Crippen molar-refractivity contribution in [3.8, 4) is 22.8 Å². The van der Waals surface area contributed by atoms with Crippen LogP contribution in [0.2, 0.25) is 0 Å². The summed E-state index contributed by atoms with van der Waals surface area (Å²) >= 11 is 0. The highest BCUT2D eigenvalue weighted by atomic mass is 19.3. The highest BCUT2D eigenvalue weighted by Crippen LogP contribution is 2.37. The molecule has 0 amide bonds. The number of halogens is 2. The molecule has 1 saturated carbocycles. The van der Waals surface area contributed by atoms with Crippen molar-refractivity contribution in [2.24, 2.45) is 0 Å². The minimum atomic E-state index is -2.66. The average molecular weight is 440 g/mol. The Bertz CT molecular complexity index is 1160. The van der Waals surface area contributed by atoms with Gasteiger partial charge >= 0.3 is 0 Å². The topological polar surface area (TPSA) is 82.1 Å². The second-order valence-electron chi connectivity index (χ2n) is 8.84. The number of alkyl halides is 2. The molecule has 2 N–H and O–H groups in total. The number of benzene rings is 1. The highest BCUT2D eigenvalue weighted by molar-refractivity contribution is 5.65. The molecule has 0 radical (unpaired) electrons. The molecule has 168 valence electrons. The summed E-state index contributed by atoms with van der Waals surface area (Å²) in [5, 5.41) is 4.27. The first-order valence-corrected chi connectivity index (χ1v) is 10.8. The van der Waals surface area contributed by atoms with E-state index < -0.39 is 12.0 Å². The maximum atomic E-state index is 13.4. The number of rotatable bonds is 4. The Balaban J connectivity index is 1.42. The molecule has 0 spiro atoms. The molecule has 1 fully saturated rings. The van der Waals surface area contributed by atoms with E-state index in [1.807, 2.05) is 0 Å². The Morgan fingerprint density at radius 2 is 2.09 bits per heavy atom. The maximum absolute atomic E-state index is 13.4. The zero-order chi connectivity index (χ0) is 22.5. The van der Waals surface area contributed by atoms with Crippen LogP contribution in [0, 0.1) is 6.92 Å². The summed E-state index contributed by atoms with van der Waals surface area (Å²) in [7, 11) is 2.12. The van der Waals surface area contributed by atoms with Crippen molar-refractivity contribution in [2.75, 3.05) is 19.3 Å². The zero-order valence-corrected chi connectivity index (χ0v) is 18.2. The molecule has 2 aromatic heterocycles. The summed E-state index contributed by atoms with van der Waals surface area (Å²) < 4.78 is 34.1. The number of aromatic nitrogens is 4. The Kier molecular flexibility index (Phi) is 5.08. The van der Waals surface area contributed by atoms with Crippen molar-refractivity contribution in [3.63, 3.8) is 0 Å². The molecular formula is C23H26F2N6O. The van der Waals surface area contributed by atoms with E-state index in [4.69, 9.17) is 15.5 Å². The molecular weight excluding hydrogens is 414 g/mol. The van der Waals surface area contributed by atoms with Crippen LogP contribution in [0.4, 0.5) is 14.6 Å². The van der Waals surface area contributed by atoms with Gasteiger partial charge in [0.1, 0.15) is 6.10 Å². The SMILES string of the molecule is Cc1cc(-c2cnc(N)c(-n3cc(OC4CCC(F)(F)C4)cn3)n2)cc2c1CCN(C)C2. The fourth-order valence-corrected chi connectivity index (χ4v) is 4.59. The fourth-order valence-electron chi connectivity index (χ4n) is 4.59. The number of ether oxygens (including phenoxy) is 1. The standard InChI is InChI=1S/C23H26F2N6O/c1-14-7-15(8-16-12-30(2)6-4-19(14)16)20-11-27-21(26)22(29-20)31-13-18(10-28-31)32-17-3-5-23(24,25)9-17/h7-8,10-11,13,17H,3-6,9,12H2,1-2H3,(H2,26,27). The van der Waals surface area contributed by atoms with Gasteiger partial charge in [0.15, 0.2) is 17.4 Å². The summed E-state index contributed by atoms with van der Waals surface area (Å²) in [5.41, 5.74) is 11.7. The van der Waals surface area contributed by atoms with Crippen molar-refractivity contribution in [2.45, 2.75) is 51.2 Å². The predicted molar refractivity (Wildman–Crippen MR) is 117 cm³/mol. The molecule has 3 heterocycles. The first-order chi connectivity index (χ1) is 15.3. The smallest absolute Gasteiger partial charge is 0.251 e. The number of fused-ring (bicyclic) bond motifs is 1.